The van der Waals surface area contributed by atoms with Crippen LogP contribution in [0.2, 0.25) is 5.02 Å². The van der Waals surface area contributed by atoms with Gasteiger partial charge in [-0.15, -0.1) is 0 Å². The minimum atomic E-state index is -0.410. The van der Waals surface area contributed by atoms with E-state index in [0.717, 1.165) is 11.5 Å². The van der Waals surface area contributed by atoms with Crippen molar-refractivity contribution >= 4 is 29.1 Å². The van der Waals surface area contributed by atoms with Crippen LogP contribution in [0.1, 0.15) is 17.9 Å². The Kier molecular flexibility index (Phi) is 5.23. The zero-order chi connectivity index (χ0) is 18.8. The number of nitrogens with zero attached hydrogens (tertiary/aromatic N) is 2. The van der Waals surface area contributed by atoms with Crippen molar-refractivity contribution in [2.24, 2.45) is 5.92 Å². The zero-order valence-electron chi connectivity index (χ0n) is 15.0. The van der Waals surface area contributed by atoms with Gasteiger partial charge in [0.25, 0.3) is 0 Å². The van der Waals surface area contributed by atoms with E-state index in [4.69, 9.17) is 20.8 Å². The summed E-state index contributed by atoms with van der Waals surface area (Å²) in [5, 5.41) is 0.508. The molecule has 2 aromatic rings. The van der Waals surface area contributed by atoms with Crippen LogP contribution in [0.4, 0.5) is 5.69 Å². The predicted molar refractivity (Wildman–Crippen MR) is 98.4 cm³/mol. The lowest BCUT2D eigenvalue weighted by Gasteiger charge is -2.22. The maximum Gasteiger partial charge on any atom is 0.228 e. The van der Waals surface area contributed by atoms with Crippen molar-refractivity contribution in [1.82, 2.24) is 4.90 Å². The van der Waals surface area contributed by atoms with E-state index in [-0.39, 0.29) is 18.2 Å². The van der Waals surface area contributed by atoms with Crippen LogP contribution < -0.4 is 9.64 Å². The first-order valence-corrected chi connectivity index (χ1v) is 8.71. The van der Waals surface area contributed by atoms with Crippen molar-refractivity contribution in [1.29, 1.82) is 0 Å². The molecule has 7 heteroatoms. The predicted octanol–water partition coefficient (Wildman–Crippen LogP) is 3.26. The summed E-state index contributed by atoms with van der Waals surface area (Å²) in [7, 11) is 3.25. The van der Waals surface area contributed by atoms with Gasteiger partial charge in [0.05, 0.1) is 25.3 Å². The maximum atomic E-state index is 12.7. The van der Waals surface area contributed by atoms with E-state index in [1.165, 1.54) is 7.11 Å². The molecule has 26 heavy (non-hydrogen) atoms. The van der Waals surface area contributed by atoms with Crippen molar-refractivity contribution in [3.63, 3.8) is 0 Å². The number of rotatable bonds is 5. The lowest BCUT2D eigenvalue weighted by atomic mass is 10.1. The van der Waals surface area contributed by atoms with Gasteiger partial charge in [-0.05, 0) is 37.3 Å². The minimum absolute atomic E-state index is 0.0871. The molecule has 0 radical (unpaired) electrons. The van der Waals surface area contributed by atoms with Gasteiger partial charge in [-0.2, -0.15) is 0 Å². The molecule has 6 nitrogen and oxygen atoms in total. The maximum absolute atomic E-state index is 12.7. The van der Waals surface area contributed by atoms with Crippen molar-refractivity contribution < 1.29 is 18.7 Å². The Morgan fingerprint density at radius 3 is 2.81 bits per heavy atom. The topological polar surface area (TPSA) is 63.0 Å². The van der Waals surface area contributed by atoms with E-state index in [0.29, 0.717) is 29.5 Å². The number of anilines is 1. The third kappa shape index (κ3) is 3.70. The fourth-order valence-electron chi connectivity index (χ4n) is 3.17. The molecular weight excluding hydrogens is 356 g/mol. The highest BCUT2D eigenvalue weighted by molar-refractivity contribution is 6.31. The first kappa shape index (κ1) is 18.3. The van der Waals surface area contributed by atoms with Crippen LogP contribution in [0.25, 0.3) is 0 Å². The Balaban J connectivity index is 1.73. The standard InChI is InChI=1S/C19H21ClN2O4/c1-12-4-6-15(26-12)11-21(2)19(24)13-8-18(23)22(10-13)16-9-14(20)5-7-17(16)25-3/h4-7,9,13H,8,10-11H2,1-3H3/t13-/m1/s1. The van der Waals surface area contributed by atoms with E-state index < -0.39 is 5.92 Å². The molecule has 1 aliphatic heterocycles. The first-order chi connectivity index (χ1) is 12.4. The second kappa shape index (κ2) is 7.41. The Hall–Kier alpha value is -2.47. The fraction of sp³-hybridized carbons (Fsp3) is 0.368. The molecule has 138 valence electrons. The number of furan rings is 1. The summed E-state index contributed by atoms with van der Waals surface area (Å²) >= 11 is 6.06. The highest BCUT2D eigenvalue weighted by Crippen LogP contribution is 2.35. The van der Waals surface area contributed by atoms with Crippen LogP contribution in [0.5, 0.6) is 5.75 Å². The van der Waals surface area contributed by atoms with Crippen LogP contribution in [0, 0.1) is 12.8 Å². The molecule has 0 unspecified atom stereocenters. The molecule has 1 aromatic heterocycles. The molecule has 2 heterocycles. The highest BCUT2D eigenvalue weighted by Gasteiger charge is 2.37. The van der Waals surface area contributed by atoms with Gasteiger partial charge in [0, 0.05) is 25.0 Å². The van der Waals surface area contributed by atoms with Crippen molar-refractivity contribution in [2.45, 2.75) is 19.9 Å². The van der Waals surface area contributed by atoms with Crippen molar-refractivity contribution in [2.75, 3.05) is 25.6 Å². The van der Waals surface area contributed by atoms with Gasteiger partial charge in [-0.1, -0.05) is 11.6 Å². The molecule has 1 aliphatic rings. The van der Waals surface area contributed by atoms with E-state index in [1.807, 2.05) is 19.1 Å². The number of aryl methyl sites for hydroxylation is 1. The molecular formula is C19H21ClN2O4. The van der Waals surface area contributed by atoms with Gasteiger partial charge in [0.15, 0.2) is 0 Å². The Morgan fingerprint density at radius 1 is 1.38 bits per heavy atom. The van der Waals surface area contributed by atoms with Crippen LogP contribution in [-0.4, -0.2) is 37.4 Å². The number of methoxy groups -OCH3 is 1. The highest BCUT2D eigenvalue weighted by atomic mass is 35.5. The number of carbonyl (C=O) groups is 2. The van der Waals surface area contributed by atoms with E-state index >= 15 is 0 Å². The quantitative estimate of drug-likeness (QED) is 0.803. The molecule has 1 fully saturated rings. The Labute approximate surface area is 157 Å². The average molecular weight is 377 g/mol. The summed E-state index contributed by atoms with van der Waals surface area (Å²) in [4.78, 5) is 28.4. The van der Waals surface area contributed by atoms with Crippen LogP contribution in [0.3, 0.4) is 0 Å². The zero-order valence-corrected chi connectivity index (χ0v) is 15.7. The molecule has 0 N–H and O–H groups in total. The normalized spacial score (nSPS) is 16.8. The van der Waals surface area contributed by atoms with Gasteiger partial charge in [-0.25, -0.2) is 0 Å². The van der Waals surface area contributed by atoms with Crippen molar-refractivity contribution in [3.8, 4) is 5.75 Å². The minimum Gasteiger partial charge on any atom is -0.495 e. The summed E-state index contributed by atoms with van der Waals surface area (Å²) in [6, 6.07) is 8.81. The number of halogens is 1. The smallest absolute Gasteiger partial charge is 0.228 e. The van der Waals surface area contributed by atoms with E-state index in [2.05, 4.69) is 0 Å². The summed E-state index contributed by atoms with van der Waals surface area (Å²) in [5.41, 5.74) is 0.588. The summed E-state index contributed by atoms with van der Waals surface area (Å²) < 4.78 is 10.8. The Bertz CT molecular complexity index is 833. The van der Waals surface area contributed by atoms with Gasteiger partial charge in [0.1, 0.15) is 17.3 Å². The van der Waals surface area contributed by atoms with Crippen LogP contribution in [-0.2, 0) is 16.1 Å². The number of benzene rings is 1. The summed E-state index contributed by atoms with van der Waals surface area (Å²) in [5.74, 6) is 1.46. The van der Waals surface area contributed by atoms with Gasteiger partial charge < -0.3 is 19.0 Å². The summed E-state index contributed by atoms with van der Waals surface area (Å²) in [6.07, 6.45) is 0.163. The molecule has 1 saturated heterocycles. The van der Waals surface area contributed by atoms with Crippen LogP contribution >= 0.6 is 11.6 Å². The monoisotopic (exact) mass is 376 g/mol. The lowest BCUT2D eigenvalue weighted by molar-refractivity contribution is -0.135. The van der Waals surface area contributed by atoms with Gasteiger partial charge >= 0.3 is 0 Å². The molecule has 0 aliphatic carbocycles. The molecule has 1 atom stereocenters. The van der Waals surface area contributed by atoms with Crippen LogP contribution in [0.15, 0.2) is 34.7 Å². The van der Waals surface area contributed by atoms with E-state index in [9.17, 15) is 9.59 Å². The SMILES string of the molecule is COc1ccc(Cl)cc1N1C[C@H](C(=O)N(C)Cc2ccc(C)o2)CC1=O. The second-order valence-electron chi connectivity index (χ2n) is 6.43. The second-order valence-corrected chi connectivity index (χ2v) is 6.86. The van der Waals surface area contributed by atoms with Gasteiger partial charge in [-0.3, -0.25) is 9.59 Å². The molecule has 0 saturated carbocycles. The number of hydrogen-bond donors (Lipinski definition) is 0. The molecule has 1 aromatic carbocycles. The Morgan fingerprint density at radius 2 is 2.15 bits per heavy atom. The first-order valence-electron chi connectivity index (χ1n) is 8.33. The third-order valence-electron chi connectivity index (χ3n) is 4.47. The fourth-order valence-corrected chi connectivity index (χ4v) is 3.34. The van der Waals surface area contributed by atoms with Gasteiger partial charge in [0.2, 0.25) is 11.8 Å². The number of hydrogen-bond acceptors (Lipinski definition) is 4. The van der Waals surface area contributed by atoms with Crippen molar-refractivity contribution in [3.05, 3.63) is 46.9 Å². The molecule has 0 spiro atoms. The lowest BCUT2D eigenvalue weighted by Crippen LogP contribution is -2.34. The molecule has 2 amide bonds. The molecule has 3 rings (SSSR count). The largest absolute Gasteiger partial charge is 0.495 e. The summed E-state index contributed by atoms with van der Waals surface area (Å²) in [6.45, 7) is 2.53. The van der Waals surface area contributed by atoms with E-state index in [1.54, 1.807) is 35.0 Å². The average Bonchev–Trinajstić information content (AvgIpc) is 3.19. The molecule has 0 bridgehead atoms. The third-order valence-corrected chi connectivity index (χ3v) is 4.71. The number of carbonyl (C=O) groups excluding carboxylic acids is 2. The number of ether oxygens (including phenoxy) is 1. The number of amides is 2.